The highest BCUT2D eigenvalue weighted by Gasteiger charge is 2.08. The van der Waals surface area contributed by atoms with Gasteiger partial charge in [-0.1, -0.05) is 19.1 Å². The minimum absolute atomic E-state index is 0.201. The number of carbonyl (C=O) groups excluding carboxylic acids is 1. The van der Waals surface area contributed by atoms with Crippen molar-refractivity contribution in [2.45, 2.75) is 13.3 Å². The molecule has 0 aromatic heterocycles. The van der Waals surface area contributed by atoms with E-state index < -0.39 is 17.7 Å². The average molecular weight is 276 g/mol. The molecule has 0 saturated carbocycles. The van der Waals surface area contributed by atoms with E-state index in [9.17, 15) is 13.6 Å². The number of nitrogens with one attached hydrogen (secondary N) is 2. The van der Waals surface area contributed by atoms with Crippen LogP contribution in [-0.2, 0) is 6.42 Å². The summed E-state index contributed by atoms with van der Waals surface area (Å²) < 4.78 is 26.3. The van der Waals surface area contributed by atoms with Crippen molar-refractivity contribution in [3.63, 3.8) is 0 Å². The first-order valence-electron chi connectivity index (χ1n) is 6.20. The van der Waals surface area contributed by atoms with Crippen molar-refractivity contribution in [1.82, 2.24) is 0 Å². The Hall–Kier alpha value is -2.43. The van der Waals surface area contributed by atoms with Crippen molar-refractivity contribution >= 4 is 17.4 Å². The standard InChI is InChI=1S/C15H14F2N2O/c1-2-10-3-6-12(7-4-10)18-15(20)19-14-9-11(16)5-8-13(14)17/h3-9H,2H2,1H3,(H2,18,19,20). The number of carbonyl (C=O) groups is 1. The third-order valence-electron chi connectivity index (χ3n) is 2.80. The highest BCUT2D eigenvalue weighted by Crippen LogP contribution is 2.16. The molecule has 2 aromatic rings. The normalized spacial score (nSPS) is 10.2. The molecule has 2 aromatic carbocycles. The number of hydrogen-bond acceptors (Lipinski definition) is 1. The van der Waals surface area contributed by atoms with Gasteiger partial charge in [0.15, 0.2) is 0 Å². The van der Waals surface area contributed by atoms with E-state index in [4.69, 9.17) is 0 Å². The molecule has 0 aliphatic heterocycles. The number of benzene rings is 2. The minimum Gasteiger partial charge on any atom is -0.308 e. The Morgan fingerprint density at radius 3 is 2.40 bits per heavy atom. The molecule has 104 valence electrons. The second kappa shape index (κ2) is 6.14. The van der Waals surface area contributed by atoms with Crippen LogP contribution in [0.2, 0.25) is 0 Å². The fourth-order valence-corrected chi connectivity index (χ4v) is 1.70. The van der Waals surface area contributed by atoms with E-state index in [0.717, 1.165) is 30.2 Å². The summed E-state index contributed by atoms with van der Waals surface area (Å²) in [5.74, 6) is -1.31. The maximum absolute atomic E-state index is 13.4. The number of urea groups is 1. The number of anilines is 2. The molecule has 0 saturated heterocycles. The van der Waals surface area contributed by atoms with Crippen LogP contribution in [0.4, 0.5) is 25.0 Å². The van der Waals surface area contributed by atoms with Gasteiger partial charge in [0.25, 0.3) is 0 Å². The molecule has 0 aliphatic carbocycles. The second-order valence-corrected chi connectivity index (χ2v) is 4.25. The summed E-state index contributed by atoms with van der Waals surface area (Å²) in [6.45, 7) is 2.03. The van der Waals surface area contributed by atoms with Gasteiger partial charge < -0.3 is 10.6 Å². The molecule has 0 bridgehead atoms. The maximum atomic E-state index is 13.4. The monoisotopic (exact) mass is 276 g/mol. The van der Waals surface area contributed by atoms with E-state index in [-0.39, 0.29) is 5.69 Å². The highest BCUT2D eigenvalue weighted by molar-refractivity contribution is 5.99. The molecule has 2 rings (SSSR count). The Balaban J connectivity index is 2.03. The second-order valence-electron chi connectivity index (χ2n) is 4.25. The van der Waals surface area contributed by atoms with Gasteiger partial charge in [-0.05, 0) is 36.2 Å². The van der Waals surface area contributed by atoms with Crippen molar-refractivity contribution in [2.24, 2.45) is 0 Å². The fraction of sp³-hybridized carbons (Fsp3) is 0.133. The number of amides is 2. The van der Waals surface area contributed by atoms with E-state index in [1.165, 1.54) is 0 Å². The number of rotatable bonds is 3. The Bertz CT molecular complexity index is 612. The van der Waals surface area contributed by atoms with Gasteiger partial charge in [0.2, 0.25) is 0 Å². The molecule has 0 fully saturated rings. The summed E-state index contributed by atoms with van der Waals surface area (Å²) in [5.41, 5.74) is 1.52. The summed E-state index contributed by atoms with van der Waals surface area (Å²) in [6.07, 6.45) is 0.904. The Labute approximate surface area is 115 Å². The van der Waals surface area contributed by atoms with Crippen LogP contribution in [0.1, 0.15) is 12.5 Å². The van der Waals surface area contributed by atoms with Gasteiger partial charge in [0.05, 0.1) is 5.69 Å². The highest BCUT2D eigenvalue weighted by atomic mass is 19.1. The molecule has 0 aliphatic rings. The molecule has 3 nitrogen and oxygen atoms in total. The van der Waals surface area contributed by atoms with E-state index in [0.29, 0.717) is 5.69 Å². The predicted octanol–water partition coefficient (Wildman–Crippen LogP) is 4.17. The molecule has 0 spiro atoms. The van der Waals surface area contributed by atoms with Gasteiger partial charge in [-0.3, -0.25) is 0 Å². The molecular weight excluding hydrogens is 262 g/mol. The van der Waals surface area contributed by atoms with Gasteiger partial charge in [0.1, 0.15) is 11.6 Å². The zero-order valence-electron chi connectivity index (χ0n) is 10.9. The van der Waals surface area contributed by atoms with Gasteiger partial charge in [-0.15, -0.1) is 0 Å². The molecule has 0 heterocycles. The van der Waals surface area contributed by atoms with Crippen LogP contribution in [0.3, 0.4) is 0 Å². The summed E-state index contributed by atoms with van der Waals surface area (Å²) in [4.78, 5) is 11.7. The lowest BCUT2D eigenvalue weighted by Crippen LogP contribution is -2.20. The van der Waals surface area contributed by atoms with Crippen LogP contribution >= 0.6 is 0 Å². The zero-order valence-corrected chi connectivity index (χ0v) is 10.9. The number of aryl methyl sites for hydroxylation is 1. The maximum Gasteiger partial charge on any atom is 0.323 e. The predicted molar refractivity (Wildman–Crippen MR) is 74.8 cm³/mol. The van der Waals surface area contributed by atoms with E-state index >= 15 is 0 Å². The van der Waals surface area contributed by atoms with Gasteiger partial charge in [-0.25, -0.2) is 13.6 Å². The molecule has 5 heteroatoms. The first-order chi connectivity index (χ1) is 9.58. The SMILES string of the molecule is CCc1ccc(NC(=O)Nc2cc(F)ccc2F)cc1. The topological polar surface area (TPSA) is 41.1 Å². The summed E-state index contributed by atoms with van der Waals surface area (Å²) >= 11 is 0. The largest absolute Gasteiger partial charge is 0.323 e. The Morgan fingerprint density at radius 2 is 1.75 bits per heavy atom. The minimum atomic E-state index is -0.692. The lowest BCUT2D eigenvalue weighted by atomic mass is 10.1. The lowest BCUT2D eigenvalue weighted by molar-refractivity contribution is 0.262. The fourth-order valence-electron chi connectivity index (χ4n) is 1.70. The molecule has 2 N–H and O–H groups in total. The quantitative estimate of drug-likeness (QED) is 0.867. The molecule has 2 amide bonds. The lowest BCUT2D eigenvalue weighted by Gasteiger charge is -2.09. The summed E-state index contributed by atoms with van der Waals surface area (Å²) in [5, 5.41) is 4.81. The van der Waals surface area contributed by atoms with Crippen molar-refractivity contribution in [3.8, 4) is 0 Å². The van der Waals surface area contributed by atoms with Crippen LogP contribution in [-0.4, -0.2) is 6.03 Å². The summed E-state index contributed by atoms with van der Waals surface area (Å²) in [7, 11) is 0. The third kappa shape index (κ3) is 3.54. The first-order valence-corrected chi connectivity index (χ1v) is 6.20. The smallest absolute Gasteiger partial charge is 0.308 e. The molecule has 0 unspecified atom stereocenters. The molecule has 20 heavy (non-hydrogen) atoms. The number of hydrogen-bond donors (Lipinski definition) is 2. The van der Waals surface area contributed by atoms with Crippen molar-refractivity contribution in [1.29, 1.82) is 0 Å². The van der Waals surface area contributed by atoms with E-state index in [1.54, 1.807) is 12.1 Å². The third-order valence-corrected chi connectivity index (χ3v) is 2.80. The Morgan fingerprint density at radius 1 is 1.05 bits per heavy atom. The first kappa shape index (κ1) is 14.0. The van der Waals surface area contributed by atoms with Crippen molar-refractivity contribution in [3.05, 3.63) is 59.7 Å². The van der Waals surface area contributed by atoms with Gasteiger partial charge >= 0.3 is 6.03 Å². The molecule has 0 radical (unpaired) electrons. The Kier molecular flexibility index (Phi) is 4.30. The molecule has 0 atom stereocenters. The van der Waals surface area contributed by atoms with Crippen molar-refractivity contribution in [2.75, 3.05) is 10.6 Å². The van der Waals surface area contributed by atoms with Crippen LogP contribution in [0.25, 0.3) is 0 Å². The van der Waals surface area contributed by atoms with Crippen LogP contribution in [0.5, 0.6) is 0 Å². The van der Waals surface area contributed by atoms with Crippen LogP contribution in [0, 0.1) is 11.6 Å². The van der Waals surface area contributed by atoms with Gasteiger partial charge in [-0.2, -0.15) is 0 Å². The van der Waals surface area contributed by atoms with E-state index in [1.807, 2.05) is 19.1 Å². The van der Waals surface area contributed by atoms with Gasteiger partial charge in [0, 0.05) is 11.8 Å². The average Bonchev–Trinajstić information content (AvgIpc) is 2.43. The number of halogens is 2. The summed E-state index contributed by atoms with van der Waals surface area (Å²) in [6, 6.07) is 9.52. The van der Waals surface area contributed by atoms with E-state index in [2.05, 4.69) is 10.6 Å². The molecular formula is C15H14F2N2O. The van der Waals surface area contributed by atoms with Crippen LogP contribution < -0.4 is 10.6 Å². The zero-order chi connectivity index (χ0) is 14.5. The van der Waals surface area contributed by atoms with Crippen molar-refractivity contribution < 1.29 is 13.6 Å². The van der Waals surface area contributed by atoms with Crippen LogP contribution in [0.15, 0.2) is 42.5 Å².